The third-order valence-corrected chi connectivity index (χ3v) is 6.18. The Labute approximate surface area is 169 Å². The van der Waals surface area contributed by atoms with Crippen molar-refractivity contribution in [2.75, 3.05) is 11.4 Å². The van der Waals surface area contributed by atoms with Crippen molar-refractivity contribution >= 4 is 27.3 Å². The normalized spacial score (nSPS) is 10.9. The Morgan fingerprint density at radius 3 is 2.46 bits per heavy atom. The minimum Gasteiger partial charge on any atom is -0.495 e. The summed E-state index contributed by atoms with van der Waals surface area (Å²) >= 11 is 6.02. The van der Waals surface area contributed by atoms with E-state index in [1.807, 2.05) is 0 Å². The van der Waals surface area contributed by atoms with Gasteiger partial charge in [0.1, 0.15) is 5.75 Å². The summed E-state index contributed by atoms with van der Waals surface area (Å²) in [5.41, 5.74) is 1.36. The molecule has 0 heterocycles. The highest BCUT2D eigenvalue weighted by atomic mass is 35.5. The lowest BCUT2D eigenvalue weighted by molar-refractivity contribution is 0.415. The van der Waals surface area contributed by atoms with Crippen molar-refractivity contribution < 1.29 is 13.2 Å². The molecular formula is C21H17ClN2O3S. The first-order valence-corrected chi connectivity index (χ1v) is 10.2. The van der Waals surface area contributed by atoms with Gasteiger partial charge in [-0.2, -0.15) is 5.26 Å². The van der Waals surface area contributed by atoms with Crippen LogP contribution < -0.4 is 9.04 Å². The van der Waals surface area contributed by atoms with E-state index in [1.165, 1.54) is 23.5 Å². The Morgan fingerprint density at radius 2 is 1.75 bits per heavy atom. The average Bonchev–Trinajstić information content (AvgIpc) is 2.72. The zero-order valence-corrected chi connectivity index (χ0v) is 16.6. The average molecular weight is 413 g/mol. The highest BCUT2D eigenvalue weighted by molar-refractivity contribution is 7.92. The summed E-state index contributed by atoms with van der Waals surface area (Å²) in [5, 5.41) is 9.72. The van der Waals surface area contributed by atoms with Gasteiger partial charge in [0.2, 0.25) is 0 Å². The van der Waals surface area contributed by atoms with Crippen molar-refractivity contribution in [1.29, 1.82) is 5.26 Å². The van der Waals surface area contributed by atoms with Crippen molar-refractivity contribution in [3.8, 4) is 11.8 Å². The van der Waals surface area contributed by atoms with E-state index in [-0.39, 0.29) is 11.4 Å². The lowest BCUT2D eigenvalue weighted by atomic mass is 10.1. The van der Waals surface area contributed by atoms with Gasteiger partial charge in [0.15, 0.2) is 0 Å². The van der Waals surface area contributed by atoms with Gasteiger partial charge in [-0.15, -0.1) is 0 Å². The lowest BCUT2D eigenvalue weighted by Gasteiger charge is -2.26. The van der Waals surface area contributed by atoms with E-state index < -0.39 is 10.0 Å². The van der Waals surface area contributed by atoms with E-state index >= 15 is 0 Å². The van der Waals surface area contributed by atoms with Crippen LogP contribution in [0, 0.1) is 11.3 Å². The molecule has 0 fully saturated rings. The van der Waals surface area contributed by atoms with Crippen LogP contribution in [-0.4, -0.2) is 15.5 Å². The summed E-state index contributed by atoms with van der Waals surface area (Å²) in [6.45, 7) is -0.0288. The maximum Gasteiger partial charge on any atom is 0.264 e. The van der Waals surface area contributed by atoms with Gasteiger partial charge in [-0.05, 0) is 42.0 Å². The van der Waals surface area contributed by atoms with Crippen LogP contribution in [0.4, 0.5) is 5.69 Å². The lowest BCUT2D eigenvalue weighted by Crippen LogP contribution is -2.31. The first kappa shape index (κ1) is 19.7. The fourth-order valence-electron chi connectivity index (χ4n) is 2.81. The van der Waals surface area contributed by atoms with Gasteiger partial charge in [0.25, 0.3) is 10.0 Å². The number of para-hydroxylation sites is 2. The smallest absolute Gasteiger partial charge is 0.264 e. The highest BCUT2D eigenvalue weighted by Crippen LogP contribution is 2.34. The molecule has 3 aromatic rings. The minimum absolute atomic E-state index is 0.0288. The van der Waals surface area contributed by atoms with E-state index in [1.54, 1.807) is 60.7 Å². The number of rotatable bonds is 6. The van der Waals surface area contributed by atoms with E-state index in [0.717, 1.165) is 0 Å². The minimum atomic E-state index is -3.97. The van der Waals surface area contributed by atoms with Crippen molar-refractivity contribution in [3.05, 3.63) is 88.9 Å². The van der Waals surface area contributed by atoms with Crippen LogP contribution in [0.25, 0.3) is 0 Å². The van der Waals surface area contributed by atoms with Crippen LogP contribution >= 0.6 is 11.6 Å². The predicted molar refractivity (Wildman–Crippen MR) is 109 cm³/mol. The number of ether oxygens (including phenoxy) is 1. The van der Waals surface area contributed by atoms with E-state index in [0.29, 0.717) is 27.6 Å². The van der Waals surface area contributed by atoms with Gasteiger partial charge in [0.05, 0.1) is 35.9 Å². The molecule has 0 saturated carbocycles. The second-order valence-electron chi connectivity index (χ2n) is 5.91. The molecule has 5 nitrogen and oxygen atoms in total. The van der Waals surface area contributed by atoms with E-state index in [4.69, 9.17) is 16.3 Å². The molecule has 0 aliphatic heterocycles. The summed E-state index contributed by atoms with van der Waals surface area (Å²) in [4.78, 5) is 0.0559. The summed E-state index contributed by atoms with van der Waals surface area (Å²) in [6, 6.07) is 21.9. The fourth-order valence-corrected chi connectivity index (χ4v) is 4.57. The third kappa shape index (κ3) is 3.96. The number of sulfonamides is 1. The molecule has 0 aliphatic rings. The molecule has 0 aliphatic carbocycles. The first-order valence-electron chi connectivity index (χ1n) is 8.36. The molecule has 0 amide bonds. The largest absolute Gasteiger partial charge is 0.495 e. The summed E-state index contributed by atoms with van der Waals surface area (Å²) in [5.74, 6) is 0.405. The van der Waals surface area contributed by atoms with Gasteiger partial charge in [0, 0.05) is 5.02 Å². The van der Waals surface area contributed by atoms with Crippen molar-refractivity contribution in [2.45, 2.75) is 11.4 Å². The molecule has 0 N–H and O–H groups in total. The van der Waals surface area contributed by atoms with Gasteiger partial charge >= 0.3 is 0 Å². The predicted octanol–water partition coefficient (Wildman–Crippen LogP) is 4.62. The third-order valence-electron chi connectivity index (χ3n) is 4.19. The van der Waals surface area contributed by atoms with Crippen LogP contribution in [-0.2, 0) is 16.6 Å². The Hall–Kier alpha value is -3.01. The molecule has 0 radical (unpaired) electrons. The van der Waals surface area contributed by atoms with Crippen LogP contribution in [0.15, 0.2) is 77.7 Å². The molecule has 142 valence electrons. The number of hydrogen-bond donors (Lipinski definition) is 0. The summed E-state index contributed by atoms with van der Waals surface area (Å²) < 4.78 is 33.6. The van der Waals surface area contributed by atoms with Crippen LogP contribution in [0.2, 0.25) is 5.02 Å². The summed E-state index contributed by atoms with van der Waals surface area (Å²) in [6.07, 6.45) is 0. The number of hydrogen-bond acceptors (Lipinski definition) is 4. The second kappa shape index (κ2) is 8.34. The Kier molecular flexibility index (Phi) is 5.88. The zero-order chi connectivity index (χ0) is 20.1. The molecule has 0 unspecified atom stereocenters. The number of methoxy groups -OCH3 is 1. The molecule has 0 atom stereocenters. The Bertz CT molecular complexity index is 1140. The molecule has 0 aromatic heterocycles. The summed E-state index contributed by atoms with van der Waals surface area (Å²) in [7, 11) is -2.49. The van der Waals surface area contributed by atoms with E-state index in [9.17, 15) is 13.7 Å². The second-order valence-corrected chi connectivity index (χ2v) is 8.21. The van der Waals surface area contributed by atoms with Crippen LogP contribution in [0.1, 0.15) is 11.1 Å². The monoisotopic (exact) mass is 412 g/mol. The number of halogens is 1. The first-order chi connectivity index (χ1) is 13.5. The molecular weight excluding hydrogens is 396 g/mol. The number of benzene rings is 3. The van der Waals surface area contributed by atoms with Gasteiger partial charge in [-0.1, -0.05) is 48.0 Å². The fraction of sp³-hybridized carbons (Fsp3) is 0.0952. The topological polar surface area (TPSA) is 70.4 Å². The molecule has 3 rings (SSSR count). The van der Waals surface area contributed by atoms with Crippen LogP contribution in [0.3, 0.4) is 0 Å². The van der Waals surface area contributed by atoms with Gasteiger partial charge in [-0.3, -0.25) is 4.31 Å². The van der Waals surface area contributed by atoms with Gasteiger partial charge < -0.3 is 4.74 Å². The standard InChI is InChI=1S/C21H17ClN2O3S/c1-27-21-12-5-4-11-20(21)24(15-17-8-3-2-7-16(17)14-23)28(25,26)19-10-6-9-18(22)13-19/h2-13H,15H2,1H3. The maximum absolute atomic E-state index is 13.5. The van der Waals surface area contributed by atoms with E-state index in [2.05, 4.69) is 6.07 Å². The zero-order valence-electron chi connectivity index (χ0n) is 15.0. The number of nitriles is 1. The quantitative estimate of drug-likeness (QED) is 0.592. The molecule has 0 saturated heterocycles. The number of anilines is 1. The molecule has 3 aromatic carbocycles. The maximum atomic E-state index is 13.5. The van der Waals surface area contributed by atoms with Crippen molar-refractivity contribution in [2.24, 2.45) is 0 Å². The molecule has 0 spiro atoms. The molecule has 0 bridgehead atoms. The number of nitrogens with zero attached hydrogens (tertiary/aromatic N) is 2. The van der Waals surface area contributed by atoms with Crippen molar-refractivity contribution in [3.63, 3.8) is 0 Å². The molecule has 7 heteroatoms. The van der Waals surface area contributed by atoms with Crippen molar-refractivity contribution in [1.82, 2.24) is 0 Å². The van der Waals surface area contributed by atoms with Gasteiger partial charge in [-0.25, -0.2) is 8.42 Å². The Morgan fingerprint density at radius 1 is 1.04 bits per heavy atom. The Balaban J connectivity index is 2.19. The SMILES string of the molecule is COc1ccccc1N(Cc1ccccc1C#N)S(=O)(=O)c1cccc(Cl)c1. The highest BCUT2D eigenvalue weighted by Gasteiger charge is 2.28. The van der Waals surface area contributed by atoms with Crippen LogP contribution in [0.5, 0.6) is 5.75 Å². The molecule has 28 heavy (non-hydrogen) atoms.